The van der Waals surface area contributed by atoms with Crippen molar-refractivity contribution in [2.24, 2.45) is 0 Å². The van der Waals surface area contributed by atoms with Crippen LogP contribution in [-0.4, -0.2) is 23.5 Å². The minimum Gasteiger partial charge on any atom is -0.456 e. The highest BCUT2D eigenvalue weighted by molar-refractivity contribution is 5.80. The molecule has 0 bridgehead atoms. The second-order valence-corrected chi connectivity index (χ2v) is 6.15. The van der Waals surface area contributed by atoms with Crippen LogP contribution in [-0.2, 0) is 27.3 Å². The molecule has 1 N–H and O–H groups in total. The zero-order valence-corrected chi connectivity index (χ0v) is 15.4. The summed E-state index contributed by atoms with van der Waals surface area (Å²) in [7, 11) is 0. The summed E-state index contributed by atoms with van der Waals surface area (Å²) < 4.78 is 36.9. The van der Waals surface area contributed by atoms with Crippen LogP contribution < -0.4 is 5.32 Å². The summed E-state index contributed by atoms with van der Waals surface area (Å²) in [6.45, 7) is -0.453. The number of esters is 1. The van der Waals surface area contributed by atoms with Gasteiger partial charge in [0.25, 0.3) is 5.91 Å². The molecule has 0 fully saturated rings. The second-order valence-electron chi connectivity index (χ2n) is 6.15. The minimum absolute atomic E-state index is 0.00549. The Balaban J connectivity index is 1.39. The van der Waals surface area contributed by atoms with Crippen molar-refractivity contribution in [1.82, 2.24) is 10.3 Å². The van der Waals surface area contributed by atoms with Crippen molar-refractivity contribution in [1.29, 1.82) is 0 Å². The lowest BCUT2D eigenvalue weighted by Crippen LogP contribution is -2.28. The van der Waals surface area contributed by atoms with Crippen molar-refractivity contribution in [2.75, 3.05) is 6.61 Å². The first-order valence-electron chi connectivity index (χ1n) is 8.87. The average molecular weight is 400 g/mol. The Morgan fingerprint density at radius 2 is 1.83 bits per heavy atom. The number of ether oxygens (including phenoxy) is 1. The number of nitrogens with zero attached hydrogens (tertiary/aromatic N) is 1. The Labute approximate surface area is 165 Å². The van der Waals surface area contributed by atoms with Gasteiger partial charge in [-0.3, -0.25) is 9.59 Å². The smallest absolute Gasteiger partial charge is 0.306 e. The maximum absolute atomic E-state index is 13.5. The van der Waals surface area contributed by atoms with Gasteiger partial charge in [0.05, 0.1) is 12.6 Å². The van der Waals surface area contributed by atoms with E-state index in [1.54, 1.807) is 30.3 Å². The molecule has 1 heterocycles. The van der Waals surface area contributed by atoms with Crippen molar-refractivity contribution in [3.8, 4) is 11.3 Å². The molecule has 0 atom stereocenters. The SMILES string of the molecule is O=C(COC(=O)CCc1ncc(-c2ccc(F)cc2)o1)NCc1ccccc1F. The minimum atomic E-state index is -0.590. The molecule has 1 aromatic heterocycles. The van der Waals surface area contributed by atoms with Gasteiger partial charge in [-0.2, -0.15) is 0 Å². The third kappa shape index (κ3) is 5.97. The number of halogens is 2. The number of amides is 1. The van der Waals surface area contributed by atoms with Crippen molar-refractivity contribution in [2.45, 2.75) is 19.4 Å². The summed E-state index contributed by atoms with van der Waals surface area (Å²) in [6, 6.07) is 11.8. The highest BCUT2D eigenvalue weighted by Crippen LogP contribution is 2.21. The van der Waals surface area contributed by atoms with Crippen LogP contribution in [0.15, 0.2) is 59.1 Å². The lowest BCUT2D eigenvalue weighted by molar-refractivity contribution is -0.148. The van der Waals surface area contributed by atoms with E-state index in [1.165, 1.54) is 24.4 Å². The van der Waals surface area contributed by atoms with E-state index in [2.05, 4.69) is 10.3 Å². The highest BCUT2D eigenvalue weighted by atomic mass is 19.1. The van der Waals surface area contributed by atoms with E-state index >= 15 is 0 Å². The largest absolute Gasteiger partial charge is 0.456 e. The van der Waals surface area contributed by atoms with E-state index in [9.17, 15) is 18.4 Å². The van der Waals surface area contributed by atoms with Crippen LogP contribution in [0.4, 0.5) is 8.78 Å². The van der Waals surface area contributed by atoms with E-state index in [-0.39, 0.29) is 25.2 Å². The number of hydrogen-bond donors (Lipinski definition) is 1. The molecule has 0 saturated carbocycles. The van der Waals surface area contributed by atoms with Crippen molar-refractivity contribution < 1.29 is 27.5 Å². The normalized spacial score (nSPS) is 10.6. The summed E-state index contributed by atoms with van der Waals surface area (Å²) in [5, 5.41) is 2.48. The van der Waals surface area contributed by atoms with Gasteiger partial charge >= 0.3 is 5.97 Å². The number of oxazole rings is 1. The zero-order chi connectivity index (χ0) is 20.6. The fraction of sp³-hybridized carbons (Fsp3) is 0.190. The summed E-state index contributed by atoms with van der Waals surface area (Å²) in [6.07, 6.45) is 1.66. The second kappa shape index (κ2) is 9.59. The topological polar surface area (TPSA) is 81.4 Å². The van der Waals surface area contributed by atoms with E-state index in [0.717, 1.165) is 0 Å². The van der Waals surface area contributed by atoms with Gasteiger partial charge in [0.15, 0.2) is 18.3 Å². The van der Waals surface area contributed by atoms with Gasteiger partial charge in [-0.05, 0) is 30.3 Å². The fourth-order valence-corrected chi connectivity index (χ4v) is 2.49. The first-order valence-corrected chi connectivity index (χ1v) is 8.87. The van der Waals surface area contributed by atoms with Crippen LogP contribution in [0, 0.1) is 11.6 Å². The maximum Gasteiger partial charge on any atom is 0.306 e. The average Bonchev–Trinajstić information content (AvgIpc) is 3.19. The molecule has 1 amide bonds. The first-order chi connectivity index (χ1) is 14.0. The van der Waals surface area contributed by atoms with Crippen LogP contribution >= 0.6 is 0 Å². The number of hydrogen-bond acceptors (Lipinski definition) is 5. The van der Waals surface area contributed by atoms with E-state index in [1.807, 2.05) is 0 Å². The molecule has 3 aromatic rings. The van der Waals surface area contributed by atoms with Gasteiger partial charge in [-0.1, -0.05) is 18.2 Å². The number of carbonyl (C=O) groups excluding carboxylic acids is 2. The van der Waals surface area contributed by atoms with E-state index < -0.39 is 24.3 Å². The predicted molar refractivity (Wildman–Crippen MR) is 99.4 cm³/mol. The Bertz CT molecular complexity index is 986. The van der Waals surface area contributed by atoms with Gasteiger partial charge in [-0.15, -0.1) is 0 Å². The van der Waals surface area contributed by atoms with Crippen molar-refractivity contribution in [3.63, 3.8) is 0 Å². The third-order valence-electron chi connectivity index (χ3n) is 4.02. The van der Waals surface area contributed by atoms with Crippen LogP contribution in [0.2, 0.25) is 0 Å². The highest BCUT2D eigenvalue weighted by Gasteiger charge is 2.12. The quantitative estimate of drug-likeness (QED) is 0.586. The predicted octanol–water partition coefficient (Wildman–Crippen LogP) is 3.41. The molecule has 2 aromatic carbocycles. The first kappa shape index (κ1) is 20.2. The van der Waals surface area contributed by atoms with Crippen molar-refractivity contribution in [3.05, 3.63) is 77.8 Å². The monoisotopic (exact) mass is 400 g/mol. The molecular weight excluding hydrogens is 382 g/mol. The third-order valence-corrected chi connectivity index (χ3v) is 4.02. The zero-order valence-electron chi connectivity index (χ0n) is 15.4. The standard InChI is InChI=1S/C21H18F2N2O4/c22-16-7-5-14(6-8-16)18-12-25-20(29-18)9-10-21(27)28-13-19(26)24-11-15-3-1-2-4-17(15)23/h1-8,12H,9-11,13H2,(H,24,26). The Morgan fingerprint density at radius 3 is 2.59 bits per heavy atom. The molecule has 0 spiro atoms. The summed E-state index contributed by atoms with van der Waals surface area (Å²) >= 11 is 0. The number of benzene rings is 2. The number of aryl methyl sites for hydroxylation is 1. The molecule has 6 nitrogen and oxygen atoms in total. The molecule has 3 rings (SSSR count). The van der Waals surface area contributed by atoms with Gasteiger partial charge in [0, 0.05) is 24.1 Å². The van der Waals surface area contributed by atoms with Crippen LogP contribution in [0.5, 0.6) is 0 Å². The van der Waals surface area contributed by atoms with E-state index in [4.69, 9.17) is 9.15 Å². The molecule has 0 saturated heterocycles. The van der Waals surface area contributed by atoms with Crippen LogP contribution in [0.1, 0.15) is 17.9 Å². The van der Waals surface area contributed by atoms with Crippen LogP contribution in [0.25, 0.3) is 11.3 Å². The Kier molecular flexibility index (Phi) is 6.67. The molecular formula is C21H18F2N2O4. The molecule has 8 heteroatoms. The lowest BCUT2D eigenvalue weighted by atomic mass is 10.2. The maximum atomic E-state index is 13.5. The molecule has 29 heavy (non-hydrogen) atoms. The van der Waals surface area contributed by atoms with Gasteiger partial charge in [-0.25, -0.2) is 13.8 Å². The number of carbonyl (C=O) groups is 2. The summed E-state index contributed by atoms with van der Waals surface area (Å²) in [5.74, 6) is -1.11. The molecule has 0 aliphatic rings. The molecule has 0 aliphatic heterocycles. The summed E-state index contributed by atoms with van der Waals surface area (Å²) in [4.78, 5) is 27.6. The molecule has 0 radical (unpaired) electrons. The fourth-order valence-electron chi connectivity index (χ4n) is 2.49. The van der Waals surface area contributed by atoms with Gasteiger partial charge < -0.3 is 14.5 Å². The van der Waals surface area contributed by atoms with Gasteiger partial charge in [0.2, 0.25) is 0 Å². The van der Waals surface area contributed by atoms with Crippen molar-refractivity contribution >= 4 is 11.9 Å². The van der Waals surface area contributed by atoms with Gasteiger partial charge in [0.1, 0.15) is 11.6 Å². The molecule has 0 aliphatic carbocycles. The summed E-state index contributed by atoms with van der Waals surface area (Å²) in [5.41, 5.74) is 1.01. The van der Waals surface area contributed by atoms with E-state index in [0.29, 0.717) is 22.8 Å². The Hall–Kier alpha value is -3.55. The Morgan fingerprint density at radius 1 is 1.07 bits per heavy atom. The number of aromatic nitrogens is 1. The number of rotatable bonds is 8. The lowest BCUT2D eigenvalue weighted by Gasteiger charge is -2.07. The van der Waals surface area contributed by atoms with Crippen LogP contribution in [0.3, 0.4) is 0 Å². The number of nitrogens with one attached hydrogen (secondary N) is 1. The molecule has 150 valence electrons. The molecule has 0 unspecified atom stereocenters.